The molecule has 0 spiro atoms. The first-order valence-electron chi connectivity index (χ1n) is 5.39. The van der Waals surface area contributed by atoms with Crippen LogP contribution in [0.5, 0.6) is 11.5 Å². The smallest absolute Gasteiger partial charge is 0.194 e. The first-order chi connectivity index (χ1) is 7.57. The molecule has 0 aliphatic carbocycles. The van der Waals surface area contributed by atoms with Crippen LogP contribution in [0.4, 0.5) is 4.39 Å². The molecular formula is C12H16FNO2. The van der Waals surface area contributed by atoms with Crippen LogP contribution in [0.15, 0.2) is 12.1 Å². The molecule has 0 bridgehead atoms. The van der Waals surface area contributed by atoms with E-state index in [1.165, 1.54) is 13.2 Å². The van der Waals surface area contributed by atoms with Gasteiger partial charge in [-0.15, -0.1) is 0 Å². The lowest BCUT2D eigenvalue weighted by molar-refractivity contribution is 0.351. The van der Waals surface area contributed by atoms with E-state index in [-0.39, 0.29) is 11.3 Å². The van der Waals surface area contributed by atoms with Crippen molar-refractivity contribution < 1.29 is 14.2 Å². The Labute approximate surface area is 94.2 Å². The number of ether oxygens (including phenoxy) is 1. The molecule has 16 heavy (non-hydrogen) atoms. The molecule has 88 valence electrons. The van der Waals surface area contributed by atoms with E-state index >= 15 is 0 Å². The second-order valence-electron chi connectivity index (χ2n) is 4.37. The van der Waals surface area contributed by atoms with Gasteiger partial charge in [0.25, 0.3) is 0 Å². The van der Waals surface area contributed by atoms with Gasteiger partial charge < -0.3 is 15.2 Å². The van der Waals surface area contributed by atoms with Crippen LogP contribution in [0.1, 0.15) is 25.3 Å². The van der Waals surface area contributed by atoms with Crippen LogP contribution in [0.3, 0.4) is 0 Å². The number of benzene rings is 1. The molecule has 1 saturated heterocycles. The lowest BCUT2D eigenvalue weighted by Crippen LogP contribution is -2.33. The van der Waals surface area contributed by atoms with Crippen LogP contribution in [-0.2, 0) is 5.54 Å². The predicted octanol–water partition coefficient (Wildman–Crippen LogP) is 2.14. The van der Waals surface area contributed by atoms with Gasteiger partial charge in [0, 0.05) is 5.54 Å². The van der Waals surface area contributed by atoms with Crippen LogP contribution in [0.25, 0.3) is 0 Å². The Morgan fingerprint density at radius 1 is 1.50 bits per heavy atom. The Bertz CT molecular complexity index is 400. The van der Waals surface area contributed by atoms with Crippen LogP contribution in [0, 0.1) is 5.82 Å². The molecule has 1 aliphatic rings. The van der Waals surface area contributed by atoms with Crippen molar-refractivity contribution in [2.24, 2.45) is 0 Å². The summed E-state index contributed by atoms with van der Waals surface area (Å²) < 4.78 is 18.4. The zero-order chi connectivity index (χ0) is 11.8. The van der Waals surface area contributed by atoms with Gasteiger partial charge in [-0.2, -0.15) is 0 Å². The lowest BCUT2D eigenvalue weighted by Gasteiger charge is -2.25. The van der Waals surface area contributed by atoms with Crippen LogP contribution in [-0.4, -0.2) is 18.8 Å². The van der Waals surface area contributed by atoms with Gasteiger partial charge in [-0.25, -0.2) is 4.39 Å². The summed E-state index contributed by atoms with van der Waals surface area (Å²) in [6.07, 6.45) is 2.03. The lowest BCUT2D eigenvalue weighted by atomic mass is 9.90. The number of rotatable bonds is 2. The molecule has 1 atom stereocenters. The summed E-state index contributed by atoms with van der Waals surface area (Å²) in [5.74, 6) is -0.873. The maximum atomic E-state index is 13.5. The summed E-state index contributed by atoms with van der Waals surface area (Å²) in [6, 6.07) is 3.06. The van der Waals surface area contributed by atoms with E-state index in [2.05, 4.69) is 5.32 Å². The van der Waals surface area contributed by atoms with Crippen molar-refractivity contribution in [3.05, 3.63) is 23.5 Å². The first-order valence-corrected chi connectivity index (χ1v) is 5.39. The van der Waals surface area contributed by atoms with Crippen LogP contribution < -0.4 is 10.1 Å². The zero-order valence-electron chi connectivity index (χ0n) is 9.51. The topological polar surface area (TPSA) is 41.5 Å². The first kappa shape index (κ1) is 11.2. The van der Waals surface area contributed by atoms with E-state index in [1.54, 1.807) is 6.07 Å². The number of hydrogen-bond donors (Lipinski definition) is 2. The van der Waals surface area contributed by atoms with Gasteiger partial charge in [0.05, 0.1) is 7.11 Å². The average molecular weight is 225 g/mol. The number of phenolic OH excluding ortho intramolecular Hbond substituents is 1. The average Bonchev–Trinajstić information content (AvgIpc) is 2.70. The highest BCUT2D eigenvalue weighted by molar-refractivity contribution is 5.45. The highest BCUT2D eigenvalue weighted by Crippen LogP contribution is 2.37. The standard InChI is InChI=1S/C12H16FNO2/c1-12(4-3-5-14-12)8-6-9(13)11(15)10(7-8)16-2/h6-7,14-15H,3-5H2,1-2H3. The third kappa shape index (κ3) is 1.73. The minimum Gasteiger partial charge on any atom is -0.502 e. The second-order valence-corrected chi connectivity index (χ2v) is 4.37. The van der Waals surface area contributed by atoms with Crippen molar-refractivity contribution in [3.63, 3.8) is 0 Å². The molecule has 1 aliphatic heterocycles. The summed E-state index contributed by atoms with van der Waals surface area (Å²) in [6.45, 7) is 2.96. The van der Waals surface area contributed by atoms with Crippen LogP contribution >= 0.6 is 0 Å². The van der Waals surface area contributed by atoms with Crippen molar-refractivity contribution in [2.75, 3.05) is 13.7 Å². The Morgan fingerprint density at radius 2 is 2.25 bits per heavy atom. The third-order valence-electron chi connectivity index (χ3n) is 3.25. The number of halogens is 1. The molecule has 0 amide bonds. The fourth-order valence-electron chi connectivity index (χ4n) is 2.19. The number of hydrogen-bond acceptors (Lipinski definition) is 3. The number of nitrogens with one attached hydrogen (secondary N) is 1. The van der Waals surface area contributed by atoms with Gasteiger partial charge in [0.2, 0.25) is 0 Å². The van der Waals surface area contributed by atoms with Crippen molar-refractivity contribution in [2.45, 2.75) is 25.3 Å². The minimum absolute atomic E-state index is 0.185. The van der Waals surface area contributed by atoms with E-state index in [0.29, 0.717) is 0 Å². The van der Waals surface area contributed by atoms with Gasteiger partial charge >= 0.3 is 0 Å². The van der Waals surface area contributed by atoms with Gasteiger partial charge in [-0.1, -0.05) is 0 Å². The largest absolute Gasteiger partial charge is 0.502 e. The molecule has 1 aromatic rings. The summed E-state index contributed by atoms with van der Waals surface area (Å²) >= 11 is 0. The highest BCUT2D eigenvalue weighted by Gasteiger charge is 2.31. The number of methoxy groups -OCH3 is 1. The summed E-state index contributed by atoms with van der Waals surface area (Å²) in [4.78, 5) is 0. The maximum Gasteiger partial charge on any atom is 0.194 e. The second kappa shape index (κ2) is 3.94. The van der Waals surface area contributed by atoms with Crippen molar-refractivity contribution in [1.82, 2.24) is 5.32 Å². The summed E-state index contributed by atoms with van der Waals surface area (Å²) in [7, 11) is 1.42. The minimum atomic E-state index is -0.635. The number of phenols is 1. The van der Waals surface area contributed by atoms with E-state index in [9.17, 15) is 9.50 Å². The maximum absolute atomic E-state index is 13.5. The molecule has 3 nitrogen and oxygen atoms in total. The zero-order valence-corrected chi connectivity index (χ0v) is 9.51. The number of aromatic hydroxyl groups is 1. The van der Waals surface area contributed by atoms with E-state index < -0.39 is 11.6 Å². The van der Waals surface area contributed by atoms with Crippen molar-refractivity contribution >= 4 is 0 Å². The Hall–Kier alpha value is -1.29. The Kier molecular flexibility index (Phi) is 2.76. The third-order valence-corrected chi connectivity index (χ3v) is 3.25. The van der Waals surface area contributed by atoms with Crippen molar-refractivity contribution in [1.29, 1.82) is 0 Å². The SMILES string of the molecule is COc1cc(C2(C)CCCN2)cc(F)c1O. The molecule has 1 aromatic carbocycles. The molecule has 1 unspecified atom stereocenters. The van der Waals surface area contributed by atoms with E-state index in [0.717, 1.165) is 24.9 Å². The molecular weight excluding hydrogens is 209 g/mol. The molecule has 0 aromatic heterocycles. The van der Waals surface area contributed by atoms with Gasteiger partial charge in [-0.05, 0) is 44.0 Å². The van der Waals surface area contributed by atoms with Crippen LogP contribution in [0.2, 0.25) is 0 Å². The molecule has 1 fully saturated rings. The molecule has 0 saturated carbocycles. The molecule has 1 heterocycles. The summed E-state index contributed by atoms with van der Waals surface area (Å²) in [5, 5.41) is 12.8. The quantitative estimate of drug-likeness (QED) is 0.810. The van der Waals surface area contributed by atoms with Gasteiger partial charge in [0.1, 0.15) is 0 Å². The Morgan fingerprint density at radius 3 is 2.81 bits per heavy atom. The fourth-order valence-corrected chi connectivity index (χ4v) is 2.19. The summed E-state index contributed by atoms with van der Waals surface area (Å²) in [5.41, 5.74) is 0.596. The highest BCUT2D eigenvalue weighted by atomic mass is 19.1. The fraction of sp³-hybridized carbons (Fsp3) is 0.500. The van der Waals surface area contributed by atoms with E-state index in [1.807, 2.05) is 6.92 Å². The molecule has 2 N–H and O–H groups in total. The van der Waals surface area contributed by atoms with Crippen molar-refractivity contribution in [3.8, 4) is 11.5 Å². The Balaban J connectivity index is 2.45. The monoisotopic (exact) mass is 225 g/mol. The van der Waals surface area contributed by atoms with Gasteiger partial charge in [0.15, 0.2) is 17.3 Å². The normalized spacial score (nSPS) is 24.7. The van der Waals surface area contributed by atoms with E-state index in [4.69, 9.17) is 4.74 Å². The van der Waals surface area contributed by atoms with Gasteiger partial charge in [-0.3, -0.25) is 0 Å². The molecule has 4 heteroatoms. The molecule has 0 radical (unpaired) electrons. The molecule has 2 rings (SSSR count). The predicted molar refractivity (Wildman–Crippen MR) is 59.2 cm³/mol.